The number of nitrogens with one attached hydrogen (secondary N) is 2. The molecule has 2 N–H and O–H groups in total. The summed E-state index contributed by atoms with van der Waals surface area (Å²) in [6.07, 6.45) is 1.81. The molecule has 0 atom stereocenters. The van der Waals surface area contributed by atoms with Crippen LogP contribution in [0.3, 0.4) is 0 Å². The number of H-pyrrole nitrogens is 2. The molecule has 7 heteroatoms. The quantitative estimate of drug-likeness (QED) is 0.379. The summed E-state index contributed by atoms with van der Waals surface area (Å²) in [6, 6.07) is 14.2. The Hall–Kier alpha value is -3.19. The zero-order valence-electron chi connectivity index (χ0n) is 16.0. The summed E-state index contributed by atoms with van der Waals surface area (Å²) in [4.78, 5) is 3.37. The van der Waals surface area contributed by atoms with Crippen LogP contribution >= 0.6 is 12.2 Å². The van der Waals surface area contributed by atoms with Crippen molar-refractivity contribution in [2.24, 2.45) is 5.10 Å². The van der Waals surface area contributed by atoms with E-state index < -0.39 is 0 Å². The highest BCUT2D eigenvalue weighted by molar-refractivity contribution is 7.71. The molecule has 4 rings (SSSR count). The van der Waals surface area contributed by atoms with E-state index in [-0.39, 0.29) is 6.61 Å². The molecule has 0 aliphatic heterocycles. The van der Waals surface area contributed by atoms with Crippen LogP contribution in [0.25, 0.3) is 10.9 Å². The third-order valence-corrected chi connectivity index (χ3v) is 4.98. The van der Waals surface area contributed by atoms with Crippen molar-refractivity contribution < 1.29 is 4.74 Å². The zero-order chi connectivity index (χ0) is 19.7. The van der Waals surface area contributed by atoms with Crippen molar-refractivity contribution in [3.05, 3.63) is 75.4 Å². The van der Waals surface area contributed by atoms with E-state index in [4.69, 9.17) is 17.0 Å². The second-order valence-electron chi connectivity index (χ2n) is 6.72. The number of hydrogen-bond acceptors (Lipinski definition) is 4. The predicted octanol–water partition coefficient (Wildman–Crippen LogP) is 4.81. The van der Waals surface area contributed by atoms with Gasteiger partial charge in [-0.2, -0.15) is 14.9 Å². The molecule has 0 amide bonds. The first-order valence-electron chi connectivity index (χ1n) is 9.01. The summed E-state index contributed by atoms with van der Waals surface area (Å²) in [7, 11) is 0. The highest BCUT2D eigenvalue weighted by atomic mass is 32.1. The molecule has 142 valence electrons. The topological polar surface area (TPSA) is 71.0 Å². The maximum atomic E-state index is 6.01. The molecule has 6 nitrogen and oxygen atoms in total. The van der Waals surface area contributed by atoms with Crippen LogP contribution in [0, 0.1) is 25.5 Å². The van der Waals surface area contributed by atoms with Gasteiger partial charge in [0.15, 0.2) is 5.82 Å². The minimum absolute atomic E-state index is 0.267. The standard InChI is InChI=1S/C21H21N5OS/c1-13-7-6-8-14(2)20(13)27-12-19-24-25-21(28)26(19)22-11-17-15(3)23-18-10-5-4-9-16(17)18/h4-11,23H,12H2,1-3H3,(H,25,28)/b22-11+. The maximum absolute atomic E-state index is 6.01. The van der Waals surface area contributed by atoms with Crippen LogP contribution in [-0.4, -0.2) is 26.1 Å². The first kappa shape index (κ1) is 18.2. The van der Waals surface area contributed by atoms with Crippen LogP contribution in [0.1, 0.15) is 28.2 Å². The molecule has 0 spiro atoms. The average Bonchev–Trinajstić information content (AvgIpc) is 3.18. The van der Waals surface area contributed by atoms with Crippen molar-refractivity contribution in [1.29, 1.82) is 0 Å². The minimum atomic E-state index is 0.267. The van der Waals surface area contributed by atoms with E-state index in [0.29, 0.717) is 10.6 Å². The van der Waals surface area contributed by atoms with Gasteiger partial charge >= 0.3 is 0 Å². The first-order valence-corrected chi connectivity index (χ1v) is 9.42. The van der Waals surface area contributed by atoms with E-state index >= 15 is 0 Å². The molecular weight excluding hydrogens is 370 g/mol. The minimum Gasteiger partial charge on any atom is -0.485 e. The number of benzene rings is 2. The van der Waals surface area contributed by atoms with Crippen molar-refractivity contribution in [3.63, 3.8) is 0 Å². The van der Waals surface area contributed by atoms with Crippen molar-refractivity contribution in [2.45, 2.75) is 27.4 Å². The number of fused-ring (bicyclic) bond motifs is 1. The lowest BCUT2D eigenvalue weighted by Crippen LogP contribution is -2.05. The summed E-state index contributed by atoms with van der Waals surface area (Å²) in [5, 5.41) is 12.8. The van der Waals surface area contributed by atoms with Gasteiger partial charge in [0, 0.05) is 22.2 Å². The van der Waals surface area contributed by atoms with Gasteiger partial charge in [0.25, 0.3) is 0 Å². The molecule has 0 aliphatic rings. The molecule has 0 saturated heterocycles. The number of rotatable bonds is 5. The van der Waals surface area contributed by atoms with E-state index in [0.717, 1.165) is 39.0 Å². The van der Waals surface area contributed by atoms with Gasteiger partial charge in [0.05, 0.1) is 6.21 Å². The molecule has 0 radical (unpaired) electrons. The monoisotopic (exact) mass is 391 g/mol. The lowest BCUT2D eigenvalue weighted by molar-refractivity contribution is 0.287. The molecule has 2 aromatic heterocycles. The van der Waals surface area contributed by atoms with E-state index in [1.165, 1.54) is 0 Å². The Balaban J connectivity index is 1.63. The van der Waals surface area contributed by atoms with E-state index in [1.54, 1.807) is 4.68 Å². The van der Waals surface area contributed by atoms with Gasteiger partial charge in [-0.15, -0.1) is 0 Å². The van der Waals surface area contributed by atoms with Crippen molar-refractivity contribution >= 4 is 29.3 Å². The molecule has 0 unspecified atom stereocenters. The summed E-state index contributed by atoms with van der Waals surface area (Å²) in [5.74, 6) is 1.47. The summed E-state index contributed by atoms with van der Waals surface area (Å²) >= 11 is 5.35. The number of para-hydroxylation sites is 2. The Morgan fingerprint density at radius 3 is 2.64 bits per heavy atom. The van der Waals surface area contributed by atoms with Crippen LogP contribution in [-0.2, 0) is 6.61 Å². The number of ether oxygens (including phenoxy) is 1. The Bertz CT molecular complexity index is 1210. The molecule has 0 bridgehead atoms. The molecule has 4 aromatic rings. The van der Waals surface area contributed by atoms with E-state index in [9.17, 15) is 0 Å². The average molecular weight is 392 g/mol. The smallest absolute Gasteiger partial charge is 0.216 e. The van der Waals surface area contributed by atoms with Crippen LogP contribution in [0.4, 0.5) is 0 Å². The summed E-state index contributed by atoms with van der Waals surface area (Å²) < 4.78 is 8.04. The number of aryl methyl sites for hydroxylation is 3. The van der Waals surface area contributed by atoms with Crippen molar-refractivity contribution in [1.82, 2.24) is 19.9 Å². The summed E-state index contributed by atoms with van der Waals surface area (Å²) in [5.41, 5.74) is 5.32. The van der Waals surface area contributed by atoms with E-state index in [2.05, 4.69) is 26.3 Å². The van der Waals surface area contributed by atoms with Crippen molar-refractivity contribution in [2.75, 3.05) is 0 Å². The predicted molar refractivity (Wildman–Crippen MR) is 114 cm³/mol. The van der Waals surface area contributed by atoms with Gasteiger partial charge < -0.3 is 9.72 Å². The van der Waals surface area contributed by atoms with Crippen molar-refractivity contribution in [3.8, 4) is 5.75 Å². The van der Waals surface area contributed by atoms with Crippen LogP contribution < -0.4 is 4.74 Å². The van der Waals surface area contributed by atoms with Gasteiger partial charge in [-0.25, -0.2) is 5.10 Å². The lowest BCUT2D eigenvalue weighted by Gasteiger charge is -2.11. The van der Waals surface area contributed by atoms with Crippen LogP contribution in [0.2, 0.25) is 0 Å². The largest absolute Gasteiger partial charge is 0.485 e. The Labute approximate surface area is 167 Å². The molecule has 0 aliphatic carbocycles. The Kier molecular flexibility index (Phi) is 4.83. The first-order chi connectivity index (χ1) is 13.5. The van der Waals surface area contributed by atoms with Gasteiger partial charge in [-0.3, -0.25) is 0 Å². The second-order valence-corrected chi connectivity index (χ2v) is 7.11. The SMILES string of the molecule is Cc1cccc(C)c1OCc1n[nH]c(=S)n1/N=C/c1c(C)[nH]c2ccccc12. The fourth-order valence-electron chi connectivity index (χ4n) is 3.28. The normalized spacial score (nSPS) is 11.5. The molecule has 0 saturated carbocycles. The number of aromatic amines is 2. The number of nitrogens with zero attached hydrogens (tertiary/aromatic N) is 3. The Morgan fingerprint density at radius 2 is 1.86 bits per heavy atom. The van der Waals surface area contributed by atoms with Gasteiger partial charge in [0.2, 0.25) is 4.77 Å². The molecule has 28 heavy (non-hydrogen) atoms. The lowest BCUT2D eigenvalue weighted by atomic mass is 10.1. The van der Waals surface area contributed by atoms with E-state index in [1.807, 2.05) is 63.4 Å². The third-order valence-electron chi connectivity index (χ3n) is 4.72. The molecule has 2 aromatic carbocycles. The van der Waals surface area contributed by atoms with Crippen LogP contribution in [0.5, 0.6) is 5.75 Å². The highest BCUT2D eigenvalue weighted by Crippen LogP contribution is 2.23. The summed E-state index contributed by atoms with van der Waals surface area (Å²) in [6.45, 7) is 6.35. The maximum Gasteiger partial charge on any atom is 0.216 e. The Morgan fingerprint density at radius 1 is 1.11 bits per heavy atom. The zero-order valence-corrected chi connectivity index (χ0v) is 16.8. The number of hydrogen-bond donors (Lipinski definition) is 2. The molecular formula is C21H21N5OS. The van der Waals surface area contributed by atoms with Crippen LogP contribution in [0.15, 0.2) is 47.6 Å². The highest BCUT2D eigenvalue weighted by Gasteiger charge is 2.10. The number of aromatic nitrogens is 4. The molecule has 0 fully saturated rings. The second kappa shape index (κ2) is 7.44. The fraction of sp³-hybridized carbons (Fsp3) is 0.190. The molecule has 2 heterocycles. The fourth-order valence-corrected chi connectivity index (χ4v) is 3.48. The van der Waals surface area contributed by atoms with Gasteiger partial charge in [0.1, 0.15) is 12.4 Å². The van der Waals surface area contributed by atoms with Gasteiger partial charge in [-0.05, 0) is 50.2 Å². The van der Waals surface area contributed by atoms with Gasteiger partial charge in [-0.1, -0.05) is 36.4 Å². The third kappa shape index (κ3) is 3.36.